The van der Waals surface area contributed by atoms with Gasteiger partial charge in [-0.15, -0.1) is 0 Å². The van der Waals surface area contributed by atoms with Gasteiger partial charge < -0.3 is 15.4 Å². The van der Waals surface area contributed by atoms with E-state index in [1.54, 1.807) is 14.0 Å². The molecule has 0 aliphatic carbocycles. The van der Waals surface area contributed by atoms with Crippen molar-refractivity contribution in [1.82, 2.24) is 14.7 Å². The Kier molecular flexibility index (Phi) is 4.91. The number of aromatic nitrogens is 2. The summed E-state index contributed by atoms with van der Waals surface area (Å²) in [6.07, 6.45) is 1.45. The van der Waals surface area contributed by atoms with Crippen LogP contribution in [0, 0.1) is 5.92 Å². The lowest BCUT2D eigenvalue weighted by molar-refractivity contribution is -0.145. The number of amides is 1. The predicted molar refractivity (Wildman–Crippen MR) is 70.5 cm³/mol. The van der Waals surface area contributed by atoms with Crippen molar-refractivity contribution in [1.29, 1.82) is 0 Å². The molecule has 1 rings (SSSR count). The molecule has 0 aromatic carbocycles. The second kappa shape index (κ2) is 6.21. The van der Waals surface area contributed by atoms with E-state index in [0.29, 0.717) is 17.9 Å². The summed E-state index contributed by atoms with van der Waals surface area (Å²) in [6.45, 7) is 4.40. The Bertz CT molecular complexity index is 470. The van der Waals surface area contributed by atoms with Crippen LogP contribution in [-0.4, -0.2) is 47.3 Å². The number of ether oxygens (including phenoxy) is 1. The van der Waals surface area contributed by atoms with E-state index < -0.39 is 5.92 Å². The molecule has 0 saturated carbocycles. The summed E-state index contributed by atoms with van der Waals surface area (Å²) in [5.41, 5.74) is 6.44. The van der Waals surface area contributed by atoms with E-state index in [1.165, 1.54) is 22.9 Å². The second-order valence-corrected chi connectivity index (χ2v) is 4.37. The van der Waals surface area contributed by atoms with Crippen LogP contribution in [0.2, 0.25) is 0 Å². The summed E-state index contributed by atoms with van der Waals surface area (Å²) < 4.78 is 6.17. The highest BCUT2D eigenvalue weighted by molar-refractivity contribution is 5.97. The molecule has 0 radical (unpaired) electrons. The summed E-state index contributed by atoms with van der Waals surface area (Å²) in [5, 5.41) is 4.02. The Morgan fingerprint density at radius 2 is 2.21 bits per heavy atom. The zero-order valence-corrected chi connectivity index (χ0v) is 11.7. The summed E-state index contributed by atoms with van der Waals surface area (Å²) in [4.78, 5) is 25.1. The van der Waals surface area contributed by atoms with Gasteiger partial charge in [-0.3, -0.25) is 14.3 Å². The van der Waals surface area contributed by atoms with Crippen LogP contribution in [0.1, 0.15) is 24.3 Å². The van der Waals surface area contributed by atoms with Crippen LogP contribution in [0.3, 0.4) is 0 Å². The number of hydrogen-bond donors (Lipinski definition) is 1. The molecule has 0 fully saturated rings. The summed E-state index contributed by atoms with van der Waals surface area (Å²) in [7, 11) is 2.94. The number of methoxy groups -OCH3 is 1. The summed E-state index contributed by atoms with van der Waals surface area (Å²) >= 11 is 0. The normalized spacial score (nSPS) is 12.0. The first-order valence-corrected chi connectivity index (χ1v) is 6.06. The molecule has 19 heavy (non-hydrogen) atoms. The van der Waals surface area contributed by atoms with Gasteiger partial charge in [-0.2, -0.15) is 5.10 Å². The fraction of sp³-hybridized carbons (Fsp3) is 0.583. The molecule has 1 atom stereocenters. The molecule has 1 amide bonds. The van der Waals surface area contributed by atoms with Gasteiger partial charge in [-0.1, -0.05) is 6.92 Å². The molecule has 0 saturated heterocycles. The topological polar surface area (TPSA) is 90.5 Å². The molecule has 1 aromatic rings. The Hall–Kier alpha value is -2.05. The molecule has 0 bridgehead atoms. The standard InChI is InChI=1S/C12H20N4O3/c1-5-16-10(9(13)6-14-16)11(17)15(3)7-8(2)12(18)19-4/h6,8H,5,7,13H2,1-4H3. The molecule has 0 spiro atoms. The van der Waals surface area contributed by atoms with Crippen molar-refractivity contribution in [3.63, 3.8) is 0 Å². The lowest BCUT2D eigenvalue weighted by Gasteiger charge is -2.20. The zero-order chi connectivity index (χ0) is 14.6. The number of carbonyl (C=O) groups is 2. The van der Waals surface area contributed by atoms with Crippen LogP contribution in [-0.2, 0) is 16.1 Å². The van der Waals surface area contributed by atoms with Crippen LogP contribution in [0.5, 0.6) is 0 Å². The highest BCUT2D eigenvalue weighted by Crippen LogP contribution is 2.14. The monoisotopic (exact) mass is 268 g/mol. The van der Waals surface area contributed by atoms with Gasteiger partial charge in [0.2, 0.25) is 0 Å². The molecular formula is C12H20N4O3. The number of nitrogens with zero attached hydrogens (tertiary/aromatic N) is 3. The minimum Gasteiger partial charge on any atom is -0.469 e. The molecule has 1 unspecified atom stereocenters. The molecule has 0 aliphatic heterocycles. The number of nitrogens with two attached hydrogens (primary N) is 1. The number of hydrogen-bond acceptors (Lipinski definition) is 5. The van der Waals surface area contributed by atoms with Gasteiger partial charge in [0.05, 0.1) is 24.9 Å². The molecule has 2 N–H and O–H groups in total. The van der Waals surface area contributed by atoms with Crippen LogP contribution < -0.4 is 5.73 Å². The van der Waals surface area contributed by atoms with E-state index in [1.807, 2.05) is 6.92 Å². The van der Waals surface area contributed by atoms with Crippen molar-refractivity contribution >= 4 is 17.6 Å². The third kappa shape index (κ3) is 3.24. The van der Waals surface area contributed by atoms with Gasteiger partial charge in [0.15, 0.2) is 0 Å². The third-order valence-corrected chi connectivity index (χ3v) is 2.87. The van der Waals surface area contributed by atoms with E-state index in [-0.39, 0.29) is 18.4 Å². The summed E-state index contributed by atoms with van der Waals surface area (Å²) in [5.74, 6) is -0.998. The van der Waals surface area contributed by atoms with Crippen molar-refractivity contribution in [2.45, 2.75) is 20.4 Å². The zero-order valence-electron chi connectivity index (χ0n) is 11.7. The number of anilines is 1. The van der Waals surface area contributed by atoms with E-state index in [9.17, 15) is 9.59 Å². The van der Waals surface area contributed by atoms with Crippen LogP contribution >= 0.6 is 0 Å². The summed E-state index contributed by atoms with van der Waals surface area (Å²) in [6, 6.07) is 0. The quantitative estimate of drug-likeness (QED) is 0.779. The largest absolute Gasteiger partial charge is 0.469 e. The first-order chi connectivity index (χ1) is 8.92. The molecule has 1 heterocycles. The van der Waals surface area contributed by atoms with Crippen molar-refractivity contribution < 1.29 is 14.3 Å². The molecular weight excluding hydrogens is 248 g/mol. The van der Waals surface area contributed by atoms with Gasteiger partial charge in [0, 0.05) is 20.1 Å². The van der Waals surface area contributed by atoms with E-state index in [2.05, 4.69) is 9.84 Å². The van der Waals surface area contributed by atoms with Crippen molar-refractivity contribution in [3.05, 3.63) is 11.9 Å². The van der Waals surface area contributed by atoms with Crippen molar-refractivity contribution in [2.24, 2.45) is 5.92 Å². The SMILES string of the molecule is CCn1ncc(N)c1C(=O)N(C)CC(C)C(=O)OC. The van der Waals surface area contributed by atoms with Crippen molar-refractivity contribution in [3.8, 4) is 0 Å². The van der Waals surface area contributed by atoms with Gasteiger partial charge >= 0.3 is 5.97 Å². The van der Waals surface area contributed by atoms with Crippen LogP contribution in [0.4, 0.5) is 5.69 Å². The Morgan fingerprint density at radius 3 is 2.74 bits per heavy atom. The molecule has 106 valence electrons. The second-order valence-electron chi connectivity index (χ2n) is 4.37. The first-order valence-electron chi connectivity index (χ1n) is 6.06. The number of carbonyl (C=O) groups excluding carboxylic acids is 2. The Morgan fingerprint density at radius 1 is 1.58 bits per heavy atom. The fourth-order valence-electron chi connectivity index (χ4n) is 1.82. The smallest absolute Gasteiger partial charge is 0.310 e. The minimum absolute atomic E-state index is 0.257. The minimum atomic E-state index is -0.391. The van der Waals surface area contributed by atoms with Gasteiger partial charge in [0.1, 0.15) is 5.69 Å². The third-order valence-electron chi connectivity index (χ3n) is 2.87. The average Bonchev–Trinajstić information content (AvgIpc) is 2.77. The van der Waals surface area contributed by atoms with Crippen LogP contribution in [0.25, 0.3) is 0 Å². The maximum absolute atomic E-state index is 12.3. The number of rotatable bonds is 5. The molecule has 0 aliphatic rings. The maximum Gasteiger partial charge on any atom is 0.310 e. The maximum atomic E-state index is 12.3. The highest BCUT2D eigenvalue weighted by atomic mass is 16.5. The Balaban J connectivity index is 2.82. The molecule has 7 heteroatoms. The highest BCUT2D eigenvalue weighted by Gasteiger charge is 2.23. The van der Waals surface area contributed by atoms with Gasteiger partial charge in [-0.05, 0) is 6.92 Å². The predicted octanol–water partition coefficient (Wildman–Crippen LogP) is 0.366. The van der Waals surface area contributed by atoms with E-state index >= 15 is 0 Å². The van der Waals surface area contributed by atoms with Crippen molar-refractivity contribution in [2.75, 3.05) is 26.4 Å². The lowest BCUT2D eigenvalue weighted by atomic mass is 10.1. The lowest BCUT2D eigenvalue weighted by Crippen LogP contribution is -2.35. The molecule has 1 aromatic heterocycles. The van der Waals surface area contributed by atoms with Crippen LogP contribution in [0.15, 0.2) is 6.20 Å². The van der Waals surface area contributed by atoms with E-state index in [0.717, 1.165) is 0 Å². The number of nitrogen functional groups attached to an aromatic ring is 1. The average molecular weight is 268 g/mol. The van der Waals surface area contributed by atoms with Gasteiger partial charge in [0.25, 0.3) is 5.91 Å². The Labute approximate surface area is 112 Å². The van der Waals surface area contributed by atoms with E-state index in [4.69, 9.17) is 5.73 Å². The first kappa shape index (κ1) is 15.0. The van der Waals surface area contributed by atoms with Gasteiger partial charge in [-0.25, -0.2) is 0 Å². The number of esters is 1. The fourth-order valence-corrected chi connectivity index (χ4v) is 1.82. The number of aryl methyl sites for hydroxylation is 1. The molecule has 7 nitrogen and oxygen atoms in total.